The number of aryl methyl sites for hydroxylation is 1. The van der Waals surface area contributed by atoms with E-state index in [2.05, 4.69) is 16.6 Å². The minimum absolute atomic E-state index is 0.294. The molecular weight excluding hydrogens is 260 g/mol. The van der Waals surface area contributed by atoms with Gasteiger partial charge in [0.05, 0.1) is 11.4 Å². The fraction of sp³-hybridized carbons (Fsp3) is 0.429. The highest BCUT2D eigenvalue weighted by Crippen LogP contribution is 2.28. The van der Waals surface area contributed by atoms with Crippen LogP contribution in [-0.2, 0) is 10.0 Å². The Morgan fingerprint density at radius 2 is 2.16 bits per heavy atom. The van der Waals surface area contributed by atoms with Crippen molar-refractivity contribution in [1.82, 2.24) is 4.72 Å². The van der Waals surface area contributed by atoms with Crippen LogP contribution in [0.3, 0.4) is 0 Å². The lowest BCUT2D eigenvalue weighted by molar-refractivity contribution is 0.577. The molecule has 0 spiro atoms. The van der Waals surface area contributed by atoms with Gasteiger partial charge in [-0.1, -0.05) is 11.8 Å². The van der Waals surface area contributed by atoms with E-state index < -0.39 is 10.0 Å². The molecule has 0 radical (unpaired) electrons. The van der Waals surface area contributed by atoms with E-state index in [1.54, 1.807) is 18.2 Å². The summed E-state index contributed by atoms with van der Waals surface area (Å²) in [5.41, 5.74) is 6.97. The van der Waals surface area contributed by atoms with Gasteiger partial charge >= 0.3 is 0 Å². The first-order chi connectivity index (χ1) is 9.03. The number of nitrogens with two attached hydrogens (primary N) is 1. The third-order valence-electron chi connectivity index (χ3n) is 3.09. The van der Waals surface area contributed by atoms with Crippen LogP contribution in [0.1, 0.15) is 24.0 Å². The molecule has 0 aromatic heterocycles. The molecule has 102 valence electrons. The number of hydrogen-bond acceptors (Lipinski definition) is 3. The predicted molar refractivity (Wildman–Crippen MR) is 75.0 cm³/mol. The lowest BCUT2D eigenvalue weighted by atomic mass is 10.1. The zero-order valence-electron chi connectivity index (χ0n) is 10.9. The van der Waals surface area contributed by atoms with E-state index in [-0.39, 0.29) is 0 Å². The maximum Gasteiger partial charge on any atom is 0.240 e. The van der Waals surface area contributed by atoms with E-state index in [0.29, 0.717) is 23.9 Å². The Kier molecular flexibility index (Phi) is 4.25. The summed E-state index contributed by atoms with van der Waals surface area (Å²) in [5.74, 6) is 6.20. The molecule has 0 aliphatic heterocycles. The van der Waals surface area contributed by atoms with E-state index in [1.165, 1.54) is 0 Å². The normalized spacial score (nSPS) is 14.8. The van der Waals surface area contributed by atoms with Crippen molar-refractivity contribution in [2.75, 3.05) is 13.1 Å². The van der Waals surface area contributed by atoms with Gasteiger partial charge in [-0.25, -0.2) is 13.1 Å². The van der Waals surface area contributed by atoms with Gasteiger partial charge in [0.15, 0.2) is 0 Å². The van der Waals surface area contributed by atoms with Crippen molar-refractivity contribution in [1.29, 1.82) is 0 Å². The maximum atomic E-state index is 12.1. The zero-order chi connectivity index (χ0) is 13.9. The Hall–Kier alpha value is -1.35. The topological polar surface area (TPSA) is 72.2 Å². The van der Waals surface area contributed by atoms with Crippen molar-refractivity contribution < 1.29 is 8.42 Å². The summed E-state index contributed by atoms with van der Waals surface area (Å²) in [7, 11) is -3.40. The Morgan fingerprint density at radius 1 is 1.42 bits per heavy atom. The van der Waals surface area contributed by atoms with Crippen LogP contribution in [-0.4, -0.2) is 21.5 Å². The van der Waals surface area contributed by atoms with Crippen LogP contribution in [0.25, 0.3) is 0 Å². The van der Waals surface area contributed by atoms with E-state index >= 15 is 0 Å². The molecule has 0 bridgehead atoms. The summed E-state index contributed by atoms with van der Waals surface area (Å²) < 4.78 is 26.8. The number of rotatable bonds is 4. The molecule has 3 N–H and O–H groups in total. The molecule has 2 rings (SSSR count). The van der Waals surface area contributed by atoms with Crippen molar-refractivity contribution in [3.8, 4) is 11.8 Å². The number of hydrogen-bond donors (Lipinski definition) is 2. The van der Waals surface area contributed by atoms with Gasteiger partial charge in [0.1, 0.15) is 0 Å². The first-order valence-corrected chi connectivity index (χ1v) is 7.80. The Labute approximate surface area is 114 Å². The SMILES string of the molecule is Cc1cc(S(=O)(=O)NCC2CC2)ccc1C#CCN. The summed E-state index contributed by atoms with van der Waals surface area (Å²) in [4.78, 5) is 0.295. The molecule has 1 aliphatic carbocycles. The quantitative estimate of drug-likeness (QED) is 0.807. The van der Waals surface area contributed by atoms with E-state index in [1.807, 2.05) is 6.92 Å². The summed E-state index contributed by atoms with van der Waals surface area (Å²) >= 11 is 0. The first kappa shape index (κ1) is 14.1. The van der Waals surface area contributed by atoms with Gasteiger partial charge in [-0.05, 0) is 49.4 Å². The van der Waals surface area contributed by atoms with Crippen LogP contribution in [0, 0.1) is 24.7 Å². The second-order valence-electron chi connectivity index (χ2n) is 4.78. The molecular formula is C14H18N2O2S. The smallest absolute Gasteiger partial charge is 0.240 e. The van der Waals surface area contributed by atoms with Crippen molar-refractivity contribution in [3.63, 3.8) is 0 Å². The standard InChI is InChI=1S/C14H18N2O2S/c1-11-9-14(7-6-13(11)3-2-8-15)19(17,18)16-10-12-4-5-12/h6-7,9,12,16H,4-5,8,10,15H2,1H3. The molecule has 1 saturated carbocycles. The highest BCUT2D eigenvalue weighted by Gasteiger charge is 2.24. The summed E-state index contributed by atoms with van der Waals surface area (Å²) in [6, 6.07) is 4.96. The van der Waals surface area contributed by atoms with Gasteiger partial charge in [0.25, 0.3) is 0 Å². The molecule has 0 amide bonds. The van der Waals surface area contributed by atoms with Crippen LogP contribution >= 0.6 is 0 Å². The average Bonchev–Trinajstić information content (AvgIpc) is 3.19. The third kappa shape index (κ3) is 3.80. The van der Waals surface area contributed by atoms with E-state index in [9.17, 15) is 8.42 Å². The fourth-order valence-electron chi connectivity index (χ4n) is 1.72. The van der Waals surface area contributed by atoms with Crippen LogP contribution in [0.5, 0.6) is 0 Å². The summed E-state index contributed by atoms with van der Waals surface area (Å²) in [6.45, 7) is 2.68. The minimum Gasteiger partial charge on any atom is -0.320 e. The highest BCUT2D eigenvalue weighted by atomic mass is 32.2. The Balaban J connectivity index is 2.17. The van der Waals surface area contributed by atoms with Crippen molar-refractivity contribution in [2.45, 2.75) is 24.7 Å². The third-order valence-corrected chi connectivity index (χ3v) is 4.51. The van der Waals surface area contributed by atoms with Crippen molar-refractivity contribution in [2.24, 2.45) is 11.7 Å². The van der Waals surface area contributed by atoms with Gasteiger partial charge in [-0.2, -0.15) is 0 Å². The number of sulfonamides is 1. The first-order valence-electron chi connectivity index (χ1n) is 6.32. The molecule has 1 aromatic carbocycles. The maximum absolute atomic E-state index is 12.1. The lowest BCUT2D eigenvalue weighted by Crippen LogP contribution is -2.25. The van der Waals surface area contributed by atoms with Gasteiger partial charge in [0, 0.05) is 12.1 Å². The van der Waals surface area contributed by atoms with Crippen molar-refractivity contribution in [3.05, 3.63) is 29.3 Å². The Bertz CT molecular complexity index is 623. The van der Waals surface area contributed by atoms with Crippen LogP contribution < -0.4 is 10.5 Å². The Morgan fingerprint density at radius 3 is 2.74 bits per heavy atom. The largest absolute Gasteiger partial charge is 0.320 e. The molecule has 1 aromatic rings. The molecule has 0 heterocycles. The van der Waals surface area contributed by atoms with Gasteiger partial charge in [-0.3, -0.25) is 0 Å². The van der Waals surface area contributed by atoms with E-state index in [4.69, 9.17) is 5.73 Å². The minimum atomic E-state index is -3.40. The fourth-order valence-corrected chi connectivity index (χ4v) is 2.92. The van der Waals surface area contributed by atoms with Crippen molar-refractivity contribution >= 4 is 10.0 Å². The van der Waals surface area contributed by atoms with Gasteiger partial charge in [-0.15, -0.1) is 0 Å². The second kappa shape index (κ2) is 5.74. The molecule has 1 aliphatic rings. The molecule has 0 saturated heterocycles. The van der Waals surface area contributed by atoms with E-state index in [0.717, 1.165) is 24.0 Å². The molecule has 19 heavy (non-hydrogen) atoms. The highest BCUT2D eigenvalue weighted by molar-refractivity contribution is 7.89. The monoisotopic (exact) mass is 278 g/mol. The zero-order valence-corrected chi connectivity index (χ0v) is 11.8. The molecule has 0 unspecified atom stereocenters. The number of nitrogens with one attached hydrogen (secondary N) is 1. The van der Waals surface area contributed by atoms with Crippen LogP contribution in [0.2, 0.25) is 0 Å². The molecule has 1 fully saturated rings. The predicted octanol–water partition coefficient (Wildman–Crippen LogP) is 0.994. The molecule has 4 nitrogen and oxygen atoms in total. The van der Waals surface area contributed by atoms with Crippen LogP contribution in [0.15, 0.2) is 23.1 Å². The summed E-state index contributed by atoms with van der Waals surface area (Å²) in [5, 5.41) is 0. The second-order valence-corrected chi connectivity index (χ2v) is 6.54. The lowest BCUT2D eigenvalue weighted by Gasteiger charge is -2.07. The van der Waals surface area contributed by atoms with Crippen LogP contribution in [0.4, 0.5) is 0 Å². The van der Waals surface area contributed by atoms with Gasteiger partial charge in [0.2, 0.25) is 10.0 Å². The van der Waals surface area contributed by atoms with Gasteiger partial charge < -0.3 is 5.73 Å². The molecule has 0 atom stereocenters. The average molecular weight is 278 g/mol. The number of benzene rings is 1. The summed E-state index contributed by atoms with van der Waals surface area (Å²) in [6.07, 6.45) is 2.24. The molecule has 5 heteroatoms.